The Labute approximate surface area is 126 Å². The van der Waals surface area contributed by atoms with Crippen molar-refractivity contribution in [3.8, 4) is 0 Å². The molecule has 2 aromatic carbocycles. The van der Waals surface area contributed by atoms with Gasteiger partial charge < -0.3 is 5.32 Å². The molecule has 98 valence electrons. The molecule has 0 aliphatic carbocycles. The number of hydrogen-bond donors (Lipinski definition) is 1. The summed E-state index contributed by atoms with van der Waals surface area (Å²) in [5.41, 5.74) is 0.731. The predicted molar refractivity (Wildman–Crippen MR) is 81.4 cm³/mol. The van der Waals surface area contributed by atoms with E-state index >= 15 is 0 Å². The molecule has 0 saturated carbocycles. The van der Waals surface area contributed by atoms with Gasteiger partial charge in [0.2, 0.25) is 5.91 Å². The Bertz CT molecular complexity index is 572. The molecule has 0 radical (unpaired) electrons. The van der Waals surface area contributed by atoms with Crippen molar-refractivity contribution in [2.45, 2.75) is 9.79 Å². The Morgan fingerprint density at radius 2 is 1.79 bits per heavy atom. The van der Waals surface area contributed by atoms with Gasteiger partial charge in [-0.1, -0.05) is 35.5 Å². The molecule has 2 aromatic rings. The summed E-state index contributed by atoms with van der Waals surface area (Å²) >= 11 is 13.1. The molecule has 1 amide bonds. The molecule has 2 nitrogen and oxygen atoms in total. The first-order chi connectivity index (χ1) is 9.19. The molecule has 0 atom stereocenters. The van der Waals surface area contributed by atoms with Gasteiger partial charge in [-0.3, -0.25) is 4.79 Å². The molecular weight excluding hydrogens is 301 g/mol. The number of halogens is 2. The Morgan fingerprint density at radius 3 is 2.42 bits per heavy atom. The molecule has 0 unspecified atom stereocenters. The Balaban J connectivity index is 2.07. The highest BCUT2D eigenvalue weighted by Gasteiger charge is 2.03. The maximum atomic E-state index is 11.1. The van der Waals surface area contributed by atoms with Crippen LogP contribution in [0.5, 0.6) is 0 Å². The normalized spacial score (nSPS) is 10.2. The molecule has 2 rings (SSSR count). The smallest absolute Gasteiger partial charge is 0.239 e. The lowest BCUT2D eigenvalue weighted by Gasteiger charge is -2.06. The fourth-order valence-corrected chi connectivity index (χ4v) is 2.61. The van der Waals surface area contributed by atoms with Crippen LogP contribution in [-0.2, 0) is 4.79 Å². The van der Waals surface area contributed by atoms with Crippen molar-refractivity contribution in [3.63, 3.8) is 0 Å². The Hall–Kier alpha value is -1.16. The van der Waals surface area contributed by atoms with Crippen LogP contribution in [0, 0.1) is 0 Å². The molecule has 0 heterocycles. The van der Waals surface area contributed by atoms with Crippen molar-refractivity contribution in [2.24, 2.45) is 0 Å². The molecule has 19 heavy (non-hydrogen) atoms. The highest BCUT2D eigenvalue weighted by molar-refractivity contribution is 7.99. The minimum atomic E-state index is -0.215. The molecule has 0 fully saturated rings. The lowest BCUT2D eigenvalue weighted by atomic mass is 10.3. The first-order valence-corrected chi connectivity index (χ1v) is 7.30. The molecule has 1 N–H and O–H groups in total. The van der Waals surface area contributed by atoms with Crippen LogP contribution in [0.15, 0.2) is 58.3 Å². The first-order valence-electron chi connectivity index (χ1n) is 5.57. The average molecular weight is 312 g/mol. The molecular formula is C14H11Cl2NOS. The van der Waals surface area contributed by atoms with Crippen LogP contribution in [0.1, 0.15) is 0 Å². The van der Waals surface area contributed by atoms with Crippen LogP contribution in [0.25, 0.3) is 0 Å². The SMILES string of the molecule is O=C(CCl)Nc1ccc(Sc2ccccc2Cl)cc1. The highest BCUT2D eigenvalue weighted by Crippen LogP contribution is 2.33. The molecule has 0 aromatic heterocycles. The van der Waals surface area contributed by atoms with Crippen molar-refractivity contribution in [1.29, 1.82) is 0 Å². The molecule has 5 heteroatoms. The summed E-state index contributed by atoms with van der Waals surface area (Å²) in [5, 5.41) is 3.42. The molecule has 0 spiro atoms. The number of carbonyl (C=O) groups excluding carboxylic acids is 1. The summed E-state index contributed by atoms with van der Waals surface area (Å²) in [4.78, 5) is 13.2. The Morgan fingerprint density at radius 1 is 1.11 bits per heavy atom. The van der Waals surface area contributed by atoms with E-state index in [1.165, 1.54) is 0 Å². The van der Waals surface area contributed by atoms with Gasteiger partial charge in [0.05, 0.1) is 5.02 Å². The number of amides is 1. The van der Waals surface area contributed by atoms with Gasteiger partial charge in [-0.15, -0.1) is 11.6 Å². The number of benzene rings is 2. The third kappa shape index (κ3) is 4.16. The quantitative estimate of drug-likeness (QED) is 0.831. The monoisotopic (exact) mass is 311 g/mol. The van der Waals surface area contributed by atoms with Gasteiger partial charge in [0.15, 0.2) is 0 Å². The standard InChI is InChI=1S/C14H11Cl2NOS/c15-9-14(18)17-10-5-7-11(8-6-10)19-13-4-2-1-3-12(13)16/h1-8H,9H2,(H,17,18). The summed E-state index contributed by atoms with van der Waals surface area (Å²) in [5.74, 6) is -0.260. The maximum absolute atomic E-state index is 11.1. The van der Waals surface area contributed by atoms with Crippen LogP contribution in [0.2, 0.25) is 5.02 Å². The van der Waals surface area contributed by atoms with Crippen LogP contribution in [0.4, 0.5) is 5.69 Å². The largest absolute Gasteiger partial charge is 0.325 e. The lowest BCUT2D eigenvalue weighted by molar-refractivity contribution is -0.113. The van der Waals surface area contributed by atoms with E-state index in [0.29, 0.717) is 0 Å². The number of carbonyl (C=O) groups is 1. The van der Waals surface area contributed by atoms with Gasteiger partial charge >= 0.3 is 0 Å². The molecule has 0 bridgehead atoms. The molecule has 0 aliphatic heterocycles. The van der Waals surface area contributed by atoms with E-state index < -0.39 is 0 Å². The number of anilines is 1. The zero-order valence-electron chi connectivity index (χ0n) is 9.90. The third-order valence-electron chi connectivity index (χ3n) is 2.32. The second-order valence-electron chi connectivity index (χ2n) is 3.74. The lowest BCUT2D eigenvalue weighted by Crippen LogP contribution is -2.12. The second-order valence-corrected chi connectivity index (χ2v) is 5.53. The van der Waals surface area contributed by atoms with E-state index in [4.69, 9.17) is 23.2 Å². The van der Waals surface area contributed by atoms with Gasteiger partial charge in [-0.25, -0.2) is 0 Å². The fraction of sp³-hybridized carbons (Fsp3) is 0.0714. The number of hydrogen-bond acceptors (Lipinski definition) is 2. The van der Waals surface area contributed by atoms with Crippen LogP contribution < -0.4 is 5.32 Å². The second kappa shape index (κ2) is 6.85. The van der Waals surface area contributed by atoms with E-state index in [1.807, 2.05) is 48.5 Å². The van der Waals surface area contributed by atoms with Crippen molar-refractivity contribution in [3.05, 3.63) is 53.6 Å². The van der Waals surface area contributed by atoms with Crippen molar-refractivity contribution in [1.82, 2.24) is 0 Å². The average Bonchev–Trinajstić information content (AvgIpc) is 2.43. The third-order valence-corrected chi connectivity index (χ3v) is 4.09. The zero-order chi connectivity index (χ0) is 13.7. The van der Waals surface area contributed by atoms with Crippen LogP contribution >= 0.6 is 35.0 Å². The van der Waals surface area contributed by atoms with Crippen molar-refractivity contribution >= 4 is 46.6 Å². The topological polar surface area (TPSA) is 29.1 Å². The first kappa shape index (κ1) is 14.3. The minimum absolute atomic E-state index is 0.0455. The van der Waals surface area contributed by atoms with Gasteiger partial charge in [0.25, 0.3) is 0 Å². The van der Waals surface area contributed by atoms with E-state index in [1.54, 1.807) is 11.8 Å². The number of alkyl halides is 1. The number of rotatable bonds is 4. The molecule has 0 aliphatic rings. The Kier molecular flexibility index (Phi) is 5.14. The maximum Gasteiger partial charge on any atom is 0.239 e. The van der Waals surface area contributed by atoms with E-state index in [0.717, 1.165) is 20.5 Å². The van der Waals surface area contributed by atoms with Gasteiger partial charge in [0.1, 0.15) is 5.88 Å². The summed E-state index contributed by atoms with van der Waals surface area (Å²) in [6.07, 6.45) is 0. The van der Waals surface area contributed by atoms with E-state index in [-0.39, 0.29) is 11.8 Å². The van der Waals surface area contributed by atoms with Crippen LogP contribution in [0.3, 0.4) is 0 Å². The predicted octanol–water partition coefficient (Wildman–Crippen LogP) is 4.67. The molecule has 0 saturated heterocycles. The fourth-order valence-electron chi connectivity index (χ4n) is 1.46. The summed E-state index contributed by atoms with van der Waals surface area (Å²) in [6, 6.07) is 15.2. The summed E-state index contributed by atoms with van der Waals surface area (Å²) in [6.45, 7) is 0. The number of nitrogens with one attached hydrogen (secondary N) is 1. The zero-order valence-corrected chi connectivity index (χ0v) is 12.2. The van der Waals surface area contributed by atoms with E-state index in [2.05, 4.69) is 5.32 Å². The van der Waals surface area contributed by atoms with E-state index in [9.17, 15) is 4.79 Å². The van der Waals surface area contributed by atoms with Crippen molar-refractivity contribution in [2.75, 3.05) is 11.2 Å². The summed E-state index contributed by atoms with van der Waals surface area (Å²) < 4.78 is 0. The van der Waals surface area contributed by atoms with Gasteiger partial charge in [-0.05, 0) is 36.4 Å². The minimum Gasteiger partial charge on any atom is -0.325 e. The summed E-state index contributed by atoms with van der Waals surface area (Å²) in [7, 11) is 0. The van der Waals surface area contributed by atoms with Gasteiger partial charge in [0, 0.05) is 15.5 Å². The van der Waals surface area contributed by atoms with Crippen LogP contribution in [-0.4, -0.2) is 11.8 Å². The van der Waals surface area contributed by atoms with Gasteiger partial charge in [-0.2, -0.15) is 0 Å². The van der Waals surface area contributed by atoms with Crippen molar-refractivity contribution < 1.29 is 4.79 Å². The highest BCUT2D eigenvalue weighted by atomic mass is 35.5.